The number of piperidine rings is 1. The standard InChI is InChI=1S/C27H27N5O2S/c33-27(32-14-16-34-17-15-32)20-9-12-31(13-10-20)25-21-18-23(19-6-2-1-3-7-19)35-26(21)30-24(29-25)22-8-4-5-11-28-22/h1-8,11,18,20H,9-10,12-17H2. The van der Waals surface area contributed by atoms with Gasteiger partial charge in [-0.2, -0.15) is 0 Å². The summed E-state index contributed by atoms with van der Waals surface area (Å²) in [6, 6.07) is 18.4. The first-order chi connectivity index (χ1) is 17.3. The number of amides is 1. The number of nitrogens with zero attached hydrogens (tertiary/aromatic N) is 5. The molecule has 0 aliphatic carbocycles. The van der Waals surface area contributed by atoms with E-state index >= 15 is 0 Å². The first kappa shape index (κ1) is 22.1. The van der Waals surface area contributed by atoms with Gasteiger partial charge >= 0.3 is 0 Å². The molecule has 7 nitrogen and oxygen atoms in total. The number of carbonyl (C=O) groups is 1. The highest BCUT2D eigenvalue weighted by Crippen LogP contribution is 2.38. The van der Waals surface area contributed by atoms with E-state index in [9.17, 15) is 4.79 Å². The predicted molar refractivity (Wildman–Crippen MR) is 138 cm³/mol. The number of hydrogen-bond donors (Lipinski definition) is 0. The molecule has 2 aliphatic heterocycles. The van der Waals surface area contributed by atoms with Crippen molar-refractivity contribution >= 4 is 33.3 Å². The van der Waals surface area contributed by atoms with Crippen LogP contribution in [0, 0.1) is 5.92 Å². The normalized spacial score (nSPS) is 17.1. The highest BCUT2D eigenvalue weighted by Gasteiger charge is 2.31. The Labute approximate surface area is 208 Å². The number of thiophene rings is 1. The van der Waals surface area contributed by atoms with Crippen LogP contribution in [0.3, 0.4) is 0 Å². The highest BCUT2D eigenvalue weighted by molar-refractivity contribution is 7.22. The van der Waals surface area contributed by atoms with E-state index < -0.39 is 0 Å². The third-order valence-corrected chi connectivity index (χ3v) is 7.87. The van der Waals surface area contributed by atoms with E-state index in [2.05, 4.69) is 40.2 Å². The van der Waals surface area contributed by atoms with Crippen molar-refractivity contribution in [3.8, 4) is 22.0 Å². The highest BCUT2D eigenvalue weighted by atomic mass is 32.1. The van der Waals surface area contributed by atoms with Gasteiger partial charge in [-0.25, -0.2) is 9.97 Å². The third-order valence-electron chi connectivity index (χ3n) is 6.79. The second-order valence-corrected chi connectivity index (χ2v) is 10.0. The number of morpholine rings is 1. The van der Waals surface area contributed by atoms with Crippen LogP contribution < -0.4 is 4.90 Å². The van der Waals surface area contributed by atoms with Gasteiger partial charge in [-0.1, -0.05) is 36.4 Å². The molecule has 8 heteroatoms. The fourth-order valence-corrected chi connectivity index (χ4v) is 5.91. The number of benzene rings is 1. The van der Waals surface area contributed by atoms with E-state index in [1.54, 1.807) is 17.5 Å². The lowest BCUT2D eigenvalue weighted by atomic mass is 9.95. The number of anilines is 1. The summed E-state index contributed by atoms with van der Waals surface area (Å²) in [6.45, 7) is 4.28. The minimum atomic E-state index is 0.0688. The fraction of sp³-hybridized carbons (Fsp3) is 0.333. The average Bonchev–Trinajstić information content (AvgIpc) is 3.38. The van der Waals surface area contributed by atoms with Crippen LogP contribution in [0.5, 0.6) is 0 Å². The molecular formula is C27H27N5O2S. The number of fused-ring (bicyclic) bond motifs is 1. The predicted octanol–water partition coefficient (Wildman–Crippen LogP) is 4.50. The summed E-state index contributed by atoms with van der Waals surface area (Å²) in [7, 11) is 0. The van der Waals surface area contributed by atoms with E-state index in [0.29, 0.717) is 32.1 Å². The molecule has 0 unspecified atom stereocenters. The average molecular weight is 486 g/mol. The molecule has 0 bridgehead atoms. The van der Waals surface area contributed by atoms with E-state index in [4.69, 9.17) is 14.7 Å². The van der Waals surface area contributed by atoms with Crippen LogP contribution in [-0.4, -0.2) is 65.2 Å². The van der Waals surface area contributed by atoms with Crippen molar-refractivity contribution < 1.29 is 9.53 Å². The number of carbonyl (C=O) groups excluding carboxylic acids is 1. The Morgan fingerprint density at radius 2 is 1.71 bits per heavy atom. The van der Waals surface area contributed by atoms with Gasteiger partial charge in [0.1, 0.15) is 16.3 Å². The Bertz CT molecular complexity index is 1310. The first-order valence-corrected chi connectivity index (χ1v) is 13.0. The molecule has 6 rings (SSSR count). The van der Waals surface area contributed by atoms with Crippen LogP contribution in [0.4, 0.5) is 5.82 Å². The van der Waals surface area contributed by atoms with Crippen LogP contribution in [0.2, 0.25) is 0 Å². The molecule has 0 radical (unpaired) electrons. The van der Waals surface area contributed by atoms with E-state index in [1.165, 1.54) is 10.4 Å². The van der Waals surface area contributed by atoms with Gasteiger partial charge in [-0.15, -0.1) is 11.3 Å². The Kier molecular flexibility index (Phi) is 6.14. The van der Waals surface area contributed by atoms with Gasteiger partial charge in [0.05, 0.1) is 18.6 Å². The molecule has 4 aromatic rings. The second-order valence-electron chi connectivity index (χ2n) is 8.98. The molecule has 35 heavy (non-hydrogen) atoms. The molecule has 178 valence electrons. The van der Waals surface area contributed by atoms with E-state index in [-0.39, 0.29) is 11.8 Å². The largest absolute Gasteiger partial charge is 0.378 e. The smallest absolute Gasteiger partial charge is 0.225 e. The van der Waals surface area contributed by atoms with Crippen LogP contribution in [0.1, 0.15) is 12.8 Å². The molecule has 5 heterocycles. The van der Waals surface area contributed by atoms with Gasteiger partial charge in [0.25, 0.3) is 0 Å². The minimum absolute atomic E-state index is 0.0688. The number of ether oxygens (including phenoxy) is 1. The number of rotatable bonds is 4. The van der Waals surface area contributed by atoms with Gasteiger partial charge in [0.15, 0.2) is 5.82 Å². The molecular weight excluding hydrogens is 458 g/mol. The van der Waals surface area contributed by atoms with Crippen molar-refractivity contribution in [1.82, 2.24) is 19.9 Å². The lowest BCUT2D eigenvalue weighted by Gasteiger charge is -2.36. The summed E-state index contributed by atoms with van der Waals surface area (Å²) in [5, 5.41) is 1.06. The molecule has 1 aromatic carbocycles. The van der Waals surface area contributed by atoms with Crippen molar-refractivity contribution in [3.05, 3.63) is 60.8 Å². The van der Waals surface area contributed by atoms with E-state index in [1.807, 2.05) is 29.2 Å². The van der Waals surface area contributed by atoms with Crippen molar-refractivity contribution in [1.29, 1.82) is 0 Å². The maximum absolute atomic E-state index is 13.0. The maximum Gasteiger partial charge on any atom is 0.225 e. The summed E-state index contributed by atoms with van der Waals surface area (Å²) < 4.78 is 5.41. The Balaban J connectivity index is 1.32. The van der Waals surface area contributed by atoms with Crippen LogP contribution in [-0.2, 0) is 9.53 Å². The zero-order valence-corrected chi connectivity index (χ0v) is 20.3. The van der Waals surface area contributed by atoms with Gasteiger partial charge in [0.2, 0.25) is 5.91 Å². The molecule has 0 atom stereocenters. The first-order valence-electron chi connectivity index (χ1n) is 12.2. The second kappa shape index (κ2) is 9.71. The molecule has 3 aromatic heterocycles. The summed E-state index contributed by atoms with van der Waals surface area (Å²) in [6.07, 6.45) is 3.43. The van der Waals surface area contributed by atoms with Crippen molar-refractivity contribution in [2.45, 2.75) is 12.8 Å². The molecule has 2 aliphatic rings. The summed E-state index contributed by atoms with van der Waals surface area (Å²) in [5.74, 6) is 1.92. The minimum Gasteiger partial charge on any atom is -0.378 e. The van der Waals surface area contributed by atoms with Crippen LogP contribution >= 0.6 is 11.3 Å². The van der Waals surface area contributed by atoms with E-state index in [0.717, 1.165) is 47.7 Å². The van der Waals surface area contributed by atoms with Crippen LogP contribution in [0.15, 0.2) is 60.8 Å². The topological polar surface area (TPSA) is 71.5 Å². The molecule has 0 spiro atoms. The summed E-state index contributed by atoms with van der Waals surface area (Å²) >= 11 is 1.68. The van der Waals surface area contributed by atoms with Gasteiger partial charge in [0, 0.05) is 43.2 Å². The molecule has 2 fully saturated rings. The molecule has 0 N–H and O–H groups in total. The zero-order valence-electron chi connectivity index (χ0n) is 19.5. The maximum atomic E-state index is 13.0. The molecule has 0 saturated carbocycles. The SMILES string of the molecule is O=C(C1CCN(c2nc(-c3ccccn3)nc3sc(-c4ccccc4)cc23)CC1)N1CCOCC1. The Morgan fingerprint density at radius 3 is 2.46 bits per heavy atom. The molecule has 1 amide bonds. The van der Waals surface area contributed by atoms with Gasteiger partial charge < -0.3 is 14.5 Å². The fourth-order valence-electron chi connectivity index (χ4n) is 4.88. The molecule has 2 saturated heterocycles. The third kappa shape index (κ3) is 4.51. The summed E-state index contributed by atoms with van der Waals surface area (Å²) in [5.41, 5.74) is 1.94. The lowest BCUT2D eigenvalue weighted by molar-refractivity contribution is -0.140. The summed E-state index contributed by atoms with van der Waals surface area (Å²) in [4.78, 5) is 33.8. The van der Waals surface area contributed by atoms with Gasteiger partial charge in [-0.05, 0) is 36.6 Å². The lowest BCUT2D eigenvalue weighted by Crippen LogP contribution is -2.47. The monoisotopic (exact) mass is 485 g/mol. The quantitative estimate of drug-likeness (QED) is 0.424. The van der Waals surface area contributed by atoms with Crippen molar-refractivity contribution in [2.75, 3.05) is 44.3 Å². The number of aromatic nitrogens is 3. The Morgan fingerprint density at radius 1 is 0.943 bits per heavy atom. The number of pyridine rings is 1. The Hall–Kier alpha value is -3.36. The van der Waals surface area contributed by atoms with Crippen molar-refractivity contribution in [3.63, 3.8) is 0 Å². The van der Waals surface area contributed by atoms with Gasteiger partial charge in [-0.3, -0.25) is 9.78 Å². The number of hydrogen-bond acceptors (Lipinski definition) is 7. The van der Waals surface area contributed by atoms with Crippen LogP contribution in [0.25, 0.3) is 32.2 Å². The van der Waals surface area contributed by atoms with Crippen molar-refractivity contribution in [2.24, 2.45) is 5.92 Å². The zero-order chi connectivity index (χ0) is 23.6.